The van der Waals surface area contributed by atoms with Gasteiger partial charge in [0.05, 0.1) is 6.10 Å². The van der Waals surface area contributed by atoms with Crippen molar-refractivity contribution >= 4 is 23.3 Å². The van der Waals surface area contributed by atoms with Crippen LogP contribution in [0.3, 0.4) is 0 Å². The minimum atomic E-state index is -1.40. The Morgan fingerprint density at radius 1 is 1.28 bits per heavy atom. The quantitative estimate of drug-likeness (QED) is 0.349. The van der Waals surface area contributed by atoms with E-state index in [1.807, 2.05) is 13.0 Å². The standard InChI is InChI=1S/C24H27NO7/c1-12-10-24-8-5-18(28)23(2,17(24)9-14(12)16(27)11-24)7-6-19(29)25-20-15(26)4-3-13(21(20)30)22(31)32/h3-5,8,14,16-17,26-27,30H,1,6-7,9-11H2,2H3,(H,25,29)(H,31,32)/t14?,16-,17?,23+,24?/m1/s1. The molecule has 0 aromatic heterocycles. The first-order valence-corrected chi connectivity index (χ1v) is 10.7. The van der Waals surface area contributed by atoms with Gasteiger partial charge in [-0.3, -0.25) is 9.59 Å². The van der Waals surface area contributed by atoms with Crippen LogP contribution in [0.5, 0.6) is 11.5 Å². The van der Waals surface area contributed by atoms with Crippen LogP contribution in [0.2, 0.25) is 0 Å². The molecule has 3 saturated carbocycles. The van der Waals surface area contributed by atoms with Crippen molar-refractivity contribution in [3.63, 3.8) is 0 Å². The highest BCUT2D eigenvalue weighted by Crippen LogP contribution is 2.64. The molecule has 8 nitrogen and oxygen atoms in total. The number of allylic oxidation sites excluding steroid dienone is 2. The van der Waals surface area contributed by atoms with Gasteiger partial charge in [0.1, 0.15) is 17.0 Å². The largest absolute Gasteiger partial charge is 0.506 e. The Bertz CT molecular complexity index is 1060. The van der Waals surface area contributed by atoms with Crippen LogP contribution >= 0.6 is 0 Å². The Labute approximate surface area is 185 Å². The summed E-state index contributed by atoms with van der Waals surface area (Å²) in [7, 11) is 0. The van der Waals surface area contributed by atoms with Gasteiger partial charge in [-0.1, -0.05) is 25.2 Å². The molecule has 4 aliphatic carbocycles. The van der Waals surface area contributed by atoms with Crippen LogP contribution in [0.15, 0.2) is 36.4 Å². The lowest BCUT2D eigenvalue weighted by Crippen LogP contribution is -2.57. The smallest absolute Gasteiger partial charge is 0.339 e. The van der Waals surface area contributed by atoms with Crippen molar-refractivity contribution in [2.75, 3.05) is 5.32 Å². The molecule has 32 heavy (non-hydrogen) atoms. The molecule has 0 radical (unpaired) electrons. The highest BCUT2D eigenvalue weighted by molar-refractivity contribution is 6.00. The van der Waals surface area contributed by atoms with Crippen LogP contribution < -0.4 is 5.32 Å². The number of phenols is 2. The van der Waals surface area contributed by atoms with Gasteiger partial charge in [-0.05, 0) is 55.2 Å². The predicted octanol–water partition coefficient (Wildman–Crippen LogP) is 2.99. The fourth-order valence-corrected chi connectivity index (χ4v) is 6.00. The first-order valence-electron chi connectivity index (χ1n) is 10.7. The highest BCUT2D eigenvalue weighted by atomic mass is 16.4. The van der Waals surface area contributed by atoms with E-state index < -0.39 is 40.5 Å². The summed E-state index contributed by atoms with van der Waals surface area (Å²) in [6.45, 7) is 5.98. The van der Waals surface area contributed by atoms with Gasteiger partial charge in [0, 0.05) is 17.8 Å². The van der Waals surface area contributed by atoms with E-state index in [1.54, 1.807) is 6.08 Å². The van der Waals surface area contributed by atoms with Gasteiger partial charge in [0.15, 0.2) is 11.5 Å². The molecule has 1 aromatic rings. The molecule has 3 unspecified atom stereocenters. The number of anilines is 1. The first kappa shape index (κ1) is 22.1. The van der Waals surface area contributed by atoms with Gasteiger partial charge in [-0.15, -0.1) is 0 Å². The lowest BCUT2D eigenvalue weighted by molar-refractivity contribution is -0.142. The van der Waals surface area contributed by atoms with E-state index in [2.05, 4.69) is 11.9 Å². The van der Waals surface area contributed by atoms with Crippen LogP contribution in [-0.4, -0.2) is 44.2 Å². The van der Waals surface area contributed by atoms with Gasteiger partial charge in [-0.25, -0.2) is 4.79 Å². The number of carbonyl (C=O) groups excluding carboxylic acids is 2. The maximum absolute atomic E-state index is 13.0. The Morgan fingerprint density at radius 2 is 2.00 bits per heavy atom. The normalized spacial score (nSPS) is 33.1. The molecule has 0 saturated heterocycles. The summed E-state index contributed by atoms with van der Waals surface area (Å²) in [5.41, 5.74) is -0.975. The van der Waals surface area contributed by atoms with Crippen molar-refractivity contribution in [1.82, 2.24) is 0 Å². The van der Waals surface area contributed by atoms with Gasteiger partial charge >= 0.3 is 5.97 Å². The van der Waals surface area contributed by atoms with Gasteiger partial charge in [0.2, 0.25) is 5.91 Å². The minimum absolute atomic E-state index is 0.0312. The van der Waals surface area contributed by atoms with Crippen molar-refractivity contribution in [2.24, 2.45) is 22.7 Å². The van der Waals surface area contributed by atoms with E-state index in [9.17, 15) is 29.7 Å². The molecule has 3 fully saturated rings. The number of carboxylic acids is 1. The molecular weight excluding hydrogens is 414 g/mol. The third kappa shape index (κ3) is 3.30. The average molecular weight is 441 g/mol. The summed E-state index contributed by atoms with van der Waals surface area (Å²) < 4.78 is 0. The number of carboxylic acid groups (broad SMARTS) is 1. The second kappa shape index (κ2) is 7.48. The molecule has 170 valence electrons. The van der Waals surface area contributed by atoms with E-state index in [4.69, 9.17) is 5.11 Å². The zero-order chi connectivity index (χ0) is 23.4. The topological polar surface area (TPSA) is 144 Å². The Hall–Kier alpha value is -3.13. The molecule has 5 rings (SSSR count). The Kier molecular flexibility index (Phi) is 5.16. The number of benzene rings is 1. The van der Waals surface area contributed by atoms with Crippen molar-refractivity contribution in [1.29, 1.82) is 0 Å². The first-order chi connectivity index (χ1) is 15.0. The number of ketones is 1. The zero-order valence-corrected chi connectivity index (χ0v) is 17.8. The van der Waals surface area contributed by atoms with Gasteiger partial charge in [-0.2, -0.15) is 0 Å². The van der Waals surface area contributed by atoms with Crippen molar-refractivity contribution in [2.45, 2.75) is 45.1 Å². The fourth-order valence-electron chi connectivity index (χ4n) is 6.00. The average Bonchev–Trinajstić information content (AvgIpc) is 2.72. The third-order valence-corrected chi connectivity index (χ3v) is 7.74. The number of phenolic OH excluding ortho intramolecular Hbond substituents is 1. The van der Waals surface area contributed by atoms with Crippen LogP contribution in [0.4, 0.5) is 5.69 Å². The van der Waals surface area contributed by atoms with Crippen LogP contribution in [-0.2, 0) is 9.59 Å². The van der Waals surface area contributed by atoms with Crippen molar-refractivity contribution in [3.8, 4) is 11.5 Å². The molecule has 2 bridgehead atoms. The van der Waals surface area contributed by atoms with Crippen LogP contribution in [0.1, 0.15) is 49.4 Å². The second-order valence-electron chi connectivity index (χ2n) is 9.56. The number of fused-ring (bicyclic) bond motifs is 2. The number of hydrogen-bond acceptors (Lipinski definition) is 6. The number of aromatic carboxylic acids is 1. The molecular formula is C24H27NO7. The minimum Gasteiger partial charge on any atom is -0.506 e. The summed E-state index contributed by atoms with van der Waals surface area (Å²) in [5.74, 6) is -3.29. The van der Waals surface area contributed by atoms with E-state index in [-0.39, 0.29) is 41.6 Å². The second-order valence-corrected chi connectivity index (χ2v) is 9.56. The Balaban J connectivity index is 1.53. The molecule has 4 aliphatic rings. The fraction of sp³-hybridized carbons (Fsp3) is 0.458. The van der Waals surface area contributed by atoms with Crippen molar-refractivity contribution < 1.29 is 34.8 Å². The van der Waals surface area contributed by atoms with Crippen LogP contribution in [0, 0.1) is 22.7 Å². The van der Waals surface area contributed by atoms with E-state index in [0.29, 0.717) is 19.3 Å². The number of aliphatic hydroxyl groups is 1. The molecule has 1 amide bonds. The summed E-state index contributed by atoms with van der Waals surface area (Å²) in [6.07, 6.45) is 5.09. The summed E-state index contributed by atoms with van der Waals surface area (Å²) >= 11 is 0. The summed E-state index contributed by atoms with van der Waals surface area (Å²) in [6, 6.07) is 2.12. The number of carbonyl (C=O) groups is 3. The lowest BCUT2D eigenvalue weighted by Gasteiger charge is -2.60. The van der Waals surface area contributed by atoms with E-state index in [1.165, 1.54) is 0 Å². The zero-order valence-electron chi connectivity index (χ0n) is 17.8. The molecule has 1 spiro atoms. The number of aliphatic hydroxyl groups excluding tert-OH is 1. The molecule has 0 aliphatic heterocycles. The molecule has 8 heteroatoms. The number of hydrogen-bond donors (Lipinski definition) is 5. The maximum atomic E-state index is 13.0. The van der Waals surface area contributed by atoms with E-state index >= 15 is 0 Å². The van der Waals surface area contributed by atoms with E-state index in [0.717, 1.165) is 17.7 Å². The molecule has 0 heterocycles. The number of rotatable bonds is 5. The summed E-state index contributed by atoms with van der Waals surface area (Å²) in [5, 5.41) is 42.1. The third-order valence-electron chi connectivity index (χ3n) is 7.74. The number of aromatic hydroxyl groups is 2. The predicted molar refractivity (Wildman–Crippen MR) is 115 cm³/mol. The SMILES string of the molecule is C=C1CC23C=CC(=O)[C@@](C)(CCC(=O)Nc4c(O)ccc(C(=O)O)c4O)C2CC1[C@H](O)C3. The number of nitrogens with one attached hydrogen (secondary N) is 1. The molecule has 5 atom stereocenters. The highest BCUT2D eigenvalue weighted by Gasteiger charge is 2.60. The van der Waals surface area contributed by atoms with Gasteiger partial charge < -0.3 is 25.7 Å². The number of amides is 1. The summed E-state index contributed by atoms with van der Waals surface area (Å²) in [4.78, 5) is 36.8. The maximum Gasteiger partial charge on any atom is 0.339 e. The monoisotopic (exact) mass is 441 g/mol. The lowest BCUT2D eigenvalue weighted by atomic mass is 9.44. The molecule has 1 aromatic carbocycles. The van der Waals surface area contributed by atoms with Crippen molar-refractivity contribution in [3.05, 3.63) is 42.0 Å². The van der Waals surface area contributed by atoms with Crippen LogP contribution in [0.25, 0.3) is 0 Å². The molecule has 5 N–H and O–H groups in total. The van der Waals surface area contributed by atoms with Gasteiger partial charge in [0.25, 0.3) is 0 Å². The Morgan fingerprint density at radius 3 is 2.66 bits per heavy atom.